The van der Waals surface area contributed by atoms with Crippen molar-refractivity contribution in [1.29, 1.82) is 0 Å². The van der Waals surface area contributed by atoms with E-state index in [0.29, 0.717) is 77.0 Å². The Kier molecular flexibility index (Phi) is 20.8. The summed E-state index contributed by atoms with van der Waals surface area (Å²) >= 11 is 0. The van der Waals surface area contributed by atoms with E-state index in [2.05, 4.69) is 16.0 Å². The fourth-order valence-electron chi connectivity index (χ4n) is 17.3. The Morgan fingerprint density at radius 3 is 0.753 bits per heavy atom. The first-order chi connectivity index (χ1) is 44.3. The van der Waals surface area contributed by atoms with Crippen LogP contribution in [0.2, 0.25) is 0 Å². The Hall–Kier alpha value is -5.25. The average Bonchev–Trinajstić information content (AvgIpc) is 0.802. The number of hydroxylamine groups is 12. The van der Waals surface area contributed by atoms with Crippen molar-refractivity contribution in [2.45, 2.75) is 346 Å². The molecule has 6 aliphatic rings. The van der Waals surface area contributed by atoms with Gasteiger partial charge >= 0.3 is 30.1 Å². The molecule has 0 amide bonds. The molecule has 0 unspecified atom stereocenters. The Labute approximate surface area is 575 Å². The zero-order valence-electron chi connectivity index (χ0n) is 62.7. The molecule has 0 saturated carbocycles. The summed E-state index contributed by atoms with van der Waals surface area (Å²) in [6, 6.07) is -0.426. The van der Waals surface area contributed by atoms with Crippen LogP contribution in [0, 0.1) is 0 Å². The van der Waals surface area contributed by atoms with Crippen LogP contribution in [0.5, 0.6) is 30.1 Å². The number of nitrogens with one attached hydrogen (secondary N) is 3. The lowest BCUT2D eigenvalue weighted by atomic mass is 9.79. The number of piperidine rings is 6. The molecule has 3 aromatic heterocycles. The summed E-state index contributed by atoms with van der Waals surface area (Å²) in [6.07, 6.45) is 5.01. The first kappa shape index (κ1) is 75.9. The van der Waals surface area contributed by atoms with Gasteiger partial charge in [-0.3, -0.25) is 0 Å². The van der Waals surface area contributed by atoms with Crippen LogP contribution >= 0.6 is 0 Å². The predicted molar refractivity (Wildman–Crippen MR) is 364 cm³/mol. The summed E-state index contributed by atoms with van der Waals surface area (Å²) in [6.45, 7) is 47.8. The molecule has 9 heterocycles. The van der Waals surface area contributed by atoms with Crippen molar-refractivity contribution in [1.82, 2.24) is 75.2 Å². The van der Waals surface area contributed by atoms with E-state index in [1.54, 1.807) is 0 Å². The monoisotopic (exact) mass is 1370 g/mol. The molecular formula is C67H119N19O11. The van der Waals surface area contributed by atoms with Crippen LogP contribution in [-0.4, -0.2) is 236 Å². The Bertz CT molecular complexity index is 2800. The van der Waals surface area contributed by atoms with Crippen LogP contribution in [0.15, 0.2) is 0 Å². The maximum absolute atomic E-state index is 11.4. The maximum Gasteiger partial charge on any atom is 0.324 e. The minimum Gasteiger partial charge on any atom is -0.461 e. The largest absolute Gasteiger partial charge is 0.461 e. The molecule has 6 fully saturated rings. The standard InChI is InChI=1S/C67H119N19O11/c1-56(2)29-41(30-57(3,4)81(56)87)68-47-71-50(77-53(74-47)95-44-35-62(13,14)84(90)63(15,16)36-44)80(25-27-93-51-72-48(69-42-31-58(5,6)82(88)59(7,8)32-42)75-54(78-51)96-45-37-64(17,18)85(91)65(19,20)38-45)26-28-94-52-73-49(70-43-33-60(9,10)83(89)61(11,12)34-43)76-55(79-52)97-46-39-66(21,22)86(92)67(23,24)40-46/h41-46,87-92H,25-40H2,1-24H3,(H,68,71,74,77)(H,69,72,75,78)(H,70,73,76,79). The van der Waals surface area contributed by atoms with Gasteiger partial charge in [0.1, 0.15) is 31.5 Å². The summed E-state index contributed by atoms with van der Waals surface area (Å²) in [5.74, 6) is 0.906. The molecule has 0 aliphatic carbocycles. The number of ether oxygens (including phenoxy) is 5. The highest BCUT2D eigenvalue weighted by molar-refractivity contribution is 5.40. The van der Waals surface area contributed by atoms with Gasteiger partial charge < -0.3 is 75.8 Å². The lowest BCUT2D eigenvalue weighted by Crippen LogP contribution is -2.61. The molecule has 0 atom stereocenters. The Balaban J connectivity index is 1.08. The van der Waals surface area contributed by atoms with E-state index >= 15 is 0 Å². The van der Waals surface area contributed by atoms with E-state index in [1.165, 1.54) is 30.4 Å². The summed E-state index contributed by atoms with van der Waals surface area (Å²) in [5.41, 5.74) is -7.42. The van der Waals surface area contributed by atoms with Crippen molar-refractivity contribution < 1.29 is 54.9 Å². The minimum absolute atomic E-state index is 0.0199. The van der Waals surface area contributed by atoms with Crippen LogP contribution in [-0.2, 0) is 0 Å². The maximum atomic E-state index is 11.4. The van der Waals surface area contributed by atoms with Gasteiger partial charge in [0.15, 0.2) is 0 Å². The molecule has 0 aromatic carbocycles. The number of aromatic nitrogens is 9. The van der Waals surface area contributed by atoms with Gasteiger partial charge in [0.25, 0.3) is 0 Å². The predicted octanol–water partition coefficient (Wildman–Crippen LogP) is 10.0. The number of anilines is 4. The quantitative estimate of drug-likeness (QED) is 0.0479. The SMILES string of the molecule is CC1(C)CC(Nc2nc(OCCN(CCOc3nc(NC4CC(C)(C)N(O)C(C)(C)C4)nc(OC4CC(C)(C)N(O)C(C)(C)C4)n3)c3nc(NC4CC(C)(C)N(O)C(C)(C)C4)nc(OC4CC(C)(C)N(O)C(C)(C)C4)n3)nc(OC3CC(C)(C)N(O)C(C)(C)C3)n2)CC(C)(C)N1O. The van der Waals surface area contributed by atoms with Crippen molar-refractivity contribution in [3.8, 4) is 30.1 Å². The summed E-state index contributed by atoms with van der Waals surface area (Å²) in [5, 5.41) is 86.9. The number of hydrogen-bond acceptors (Lipinski definition) is 30. The topological polar surface area (TPSA) is 342 Å². The second-order valence-electron chi connectivity index (χ2n) is 36.2. The molecule has 0 radical (unpaired) electrons. The van der Waals surface area contributed by atoms with Gasteiger partial charge in [-0.25, -0.2) is 0 Å². The number of rotatable bonds is 21. The van der Waals surface area contributed by atoms with Crippen LogP contribution in [0.1, 0.15) is 243 Å². The zero-order chi connectivity index (χ0) is 72.0. The smallest absolute Gasteiger partial charge is 0.324 e. The van der Waals surface area contributed by atoms with Crippen molar-refractivity contribution in [3.63, 3.8) is 0 Å². The second-order valence-corrected chi connectivity index (χ2v) is 36.2. The molecule has 30 nitrogen and oxygen atoms in total. The van der Waals surface area contributed by atoms with Gasteiger partial charge in [0.05, 0.1) is 13.1 Å². The first-order valence-corrected chi connectivity index (χ1v) is 34.8. The van der Waals surface area contributed by atoms with Gasteiger partial charge in [-0.2, -0.15) is 65.3 Å². The van der Waals surface area contributed by atoms with Crippen LogP contribution in [0.25, 0.3) is 0 Å². The zero-order valence-corrected chi connectivity index (χ0v) is 62.7. The molecule has 3 aromatic rings. The highest BCUT2D eigenvalue weighted by Gasteiger charge is 2.52. The molecule has 97 heavy (non-hydrogen) atoms. The van der Waals surface area contributed by atoms with Crippen molar-refractivity contribution in [2.75, 3.05) is 47.2 Å². The van der Waals surface area contributed by atoms with E-state index in [1.807, 2.05) is 171 Å². The van der Waals surface area contributed by atoms with E-state index in [4.69, 9.17) is 68.5 Å². The van der Waals surface area contributed by atoms with Crippen LogP contribution in [0.3, 0.4) is 0 Å². The number of nitrogens with zero attached hydrogens (tertiary/aromatic N) is 16. The minimum atomic E-state index is -0.660. The second kappa shape index (κ2) is 26.6. The van der Waals surface area contributed by atoms with Gasteiger partial charge in [0.2, 0.25) is 23.8 Å². The van der Waals surface area contributed by atoms with Crippen molar-refractivity contribution in [3.05, 3.63) is 0 Å². The Morgan fingerprint density at radius 2 is 0.505 bits per heavy atom. The summed E-state index contributed by atoms with van der Waals surface area (Å²) in [7, 11) is 0. The van der Waals surface area contributed by atoms with Crippen molar-refractivity contribution in [2.24, 2.45) is 0 Å². The van der Waals surface area contributed by atoms with Gasteiger partial charge in [-0.15, -0.1) is 9.97 Å². The highest BCUT2D eigenvalue weighted by Crippen LogP contribution is 2.45. The van der Waals surface area contributed by atoms with E-state index in [-0.39, 0.29) is 110 Å². The fraction of sp³-hybridized carbons (Fsp3) is 0.866. The lowest BCUT2D eigenvalue weighted by molar-refractivity contribution is -0.255. The van der Waals surface area contributed by atoms with E-state index in [0.717, 1.165) is 0 Å². The van der Waals surface area contributed by atoms with Gasteiger partial charge in [-0.05, 0) is 205 Å². The van der Waals surface area contributed by atoms with E-state index in [9.17, 15) is 31.2 Å². The Morgan fingerprint density at radius 1 is 0.299 bits per heavy atom. The van der Waals surface area contributed by atoms with Crippen LogP contribution in [0.4, 0.5) is 23.8 Å². The summed E-state index contributed by atoms with van der Waals surface area (Å²) in [4.78, 5) is 45.9. The molecule has 30 heteroatoms. The third-order valence-corrected chi connectivity index (χ3v) is 20.8. The normalized spacial score (nSPS) is 26.2. The summed E-state index contributed by atoms with van der Waals surface area (Å²) < 4.78 is 33.4. The lowest BCUT2D eigenvalue weighted by Gasteiger charge is -2.51. The highest BCUT2D eigenvalue weighted by atomic mass is 16.5. The average molecular weight is 1370 g/mol. The number of hydrogen-bond donors (Lipinski definition) is 9. The molecule has 6 aliphatic heterocycles. The third kappa shape index (κ3) is 17.4. The molecule has 6 saturated heterocycles. The van der Waals surface area contributed by atoms with Gasteiger partial charge in [-0.1, -0.05) is 0 Å². The molecule has 548 valence electrons. The molecule has 0 spiro atoms. The van der Waals surface area contributed by atoms with Crippen LogP contribution < -0.4 is 44.5 Å². The molecule has 9 N–H and O–H groups in total. The molecule has 9 rings (SSSR count). The first-order valence-electron chi connectivity index (χ1n) is 34.8. The molecular weight excluding hydrogens is 1250 g/mol. The molecule has 0 bridgehead atoms. The van der Waals surface area contributed by atoms with Gasteiger partial charge in [0, 0.05) is 123 Å². The van der Waals surface area contributed by atoms with E-state index < -0.39 is 72.6 Å². The third-order valence-electron chi connectivity index (χ3n) is 20.8. The van der Waals surface area contributed by atoms with Crippen molar-refractivity contribution >= 4 is 23.8 Å². The fourth-order valence-corrected chi connectivity index (χ4v) is 17.3.